The summed E-state index contributed by atoms with van der Waals surface area (Å²) >= 11 is 1.24. The lowest BCUT2D eigenvalue weighted by molar-refractivity contribution is 1.15. The molecule has 2 aromatic heterocycles. The van der Waals surface area contributed by atoms with Crippen LogP contribution in [0.5, 0.6) is 0 Å². The summed E-state index contributed by atoms with van der Waals surface area (Å²) in [5.41, 5.74) is 13.3. The second-order valence-electron chi connectivity index (χ2n) is 3.83. The lowest BCUT2D eigenvalue weighted by atomic mass is 10.3. The monoisotopic (exact) mass is 262 g/mol. The van der Waals surface area contributed by atoms with Crippen molar-refractivity contribution in [3.8, 4) is 0 Å². The van der Waals surface area contributed by atoms with Crippen molar-refractivity contribution in [1.82, 2.24) is 9.38 Å². The Balaban J connectivity index is 2.08. The Morgan fingerprint density at radius 1 is 1.44 bits per heavy atom. The molecule has 0 saturated heterocycles. The molecular weight excluding hydrogens is 248 g/mol. The molecule has 0 atom stereocenters. The van der Waals surface area contributed by atoms with Crippen LogP contribution in [0.2, 0.25) is 0 Å². The fraction of sp³-hybridized carbons (Fsp3) is 0.182. The van der Waals surface area contributed by atoms with Crippen LogP contribution < -0.4 is 11.5 Å². The van der Waals surface area contributed by atoms with E-state index in [0.29, 0.717) is 5.75 Å². The molecular formula is C11H14N6S. The van der Waals surface area contributed by atoms with Crippen LogP contribution in [0.1, 0.15) is 11.3 Å². The van der Waals surface area contributed by atoms with Crippen LogP contribution in [0.4, 0.5) is 0 Å². The molecule has 0 radical (unpaired) electrons. The van der Waals surface area contributed by atoms with Crippen LogP contribution in [-0.2, 0) is 5.75 Å². The van der Waals surface area contributed by atoms with E-state index in [1.54, 1.807) is 0 Å². The largest absolute Gasteiger partial charge is 0.370 e. The summed E-state index contributed by atoms with van der Waals surface area (Å²) in [7, 11) is 0. The van der Waals surface area contributed by atoms with Crippen molar-refractivity contribution in [1.29, 1.82) is 5.41 Å². The summed E-state index contributed by atoms with van der Waals surface area (Å²) in [6.45, 7) is 2.03. The second kappa shape index (κ2) is 5.09. The van der Waals surface area contributed by atoms with Gasteiger partial charge in [-0.25, -0.2) is 4.98 Å². The Hall–Kier alpha value is -2.02. The number of guanidine groups is 1. The third-order valence-electron chi connectivity index (χ3n) is 2.24. The minimum Gasteiger partial charge on any atom is -0.370 e. The molecule has 2 rings (SSSR count). The molecule has 0 aliphatic carbocycles. The second-order valence-corrected chi connectivity index (χ2v) is 4.80. The molecule has 18 heavy (non-hydrogen) atoms. The summed E-state index contributed by atoms with van der Waals surface area (Å²) in [6.07, 6.45) is 3.95. The van der Waals surface area contributed by atoms with E-state index in [-0.39, 0.29) is 11.1 Å². The standard InChI is InChI=1S/C11H14N6S/c1-7-2-3-9-15-8(5-17(9)4-7)6-18-11(14)16-10(12)13/h2-5H,6H2,1H3,(H5,12,13,14,16). The van der Waals surface area contributed by atoms with E-state index < -0.39 is 0 Å². The number of imidazole rings is 1. The molecule has 2 heterocycles. The SMILES string of the molecule is Cc1ccc2nc(CSC(=N)N=C(N)N)cn2c1. The fourth-order valence-corrected chi connectivity index (χ4v) is 2.11. The van der Waals surface area contributed by atoms with Crippen LogP contribution in [0.15, 0.2) is 29.5 Å². The number of pyridine rings is 1. The lowest BCUT2D eigenvalue weighted by Crippen LogP contribution is -2.23. The van der Waals surface area contributed by atoms with E-state index in [4.69, 9.17) is 16.9 Å². The predicted octanol–water partition coefficient (Wildman–Crippen LogP) is 1.08. The van der Waals surface area contributed by atoms with Crippen LogP contribution in [0.3, 0.4) is 0 Å². The minimum atomic E-state index is -0.0990. The molecule has 0 aromatic carbocycles. The van der Waals surface area contributed by atoms with Gasteiger partial charge in [0.1, 0.15) is 5.65 Å². The first-order chi connectivity index (χ1) is 8.54. The molecule has 0 bridgehead atoms. The van der Waals surface area contributed by atoms with E-state index in [2.05, 4.69) is 9.98 Å². The Labute approximate surface area is 109 Å². The smallest absolute Gasteiger partial charge is 0.193 e. The molecule has 0 spiro atoms. The molecule has 7 heteroatoms. The molecule has 6 nitrogen and oxygen atoms in total. The number of rotatable bonds is 2. The molecule has 0 aliphatic rings. The molecule has 0 amide bonds. The van der Waals surface area contributed by atoms with E-state index in [9.17, 15) is 0 Å². The maximum atomic E-state index is 7.52. The van der Waals surface area contributed by atoms with E-state index in [1.165, 1.54) is 17.3 Å². The lowest BCUT2D eigenvalue weighted by Gasteiger charge is -1.95. The fourth-order valence-electron chi connectivity index (χ4n) is 1.52. The van der Waals surface area contributed by atoms with Gasteiger partial charge in [0.25, 0.3) is 0 Å². The average Bonchev–Trinajstić information content (AvgIpc) is 2.67. The summed E-state index contributed by atoms with van der Waals surface area (Å²) < 4.78 is 1.97. The minimum absolute atomic E-state index is 0.0863. The maximum Gasteiger partial charge on any atom is 0.193 e. The highest BCUT2D eigenvalue weighted by Crippen LogP contribution is 2.14. The number of amidine groups is 1. The Morgan fingerprint density at radius 3 is 2.94 bits per heavy atom. The van der Waals surface area contributed by atoms with Crippen molar-refractivity contribution in [3.05, 3.63) is 35.8 Å². The average molecular weight is 262 g/mol. The molecule has 0 saturated carbocycles. The van der Waals surface area contributed by atoms with Gasteiger partial charge in [0.05, 0.1) is 5.69 Å². The third kappa shape index (κ3) is 3.01. The Kier molecular flexibility index (Phi) is 3.52. The van der Waals surface area contributed by atoms with Gasteiger partial charge in [0.15, 0.2) is 11.1 Å². The molecule has 5 N–H and O–H groups in total. The number of aryl methyl sites for hydroxylation is 1. The number of hydrogen-bond donors (Lipinski definition) is 3. The molecule has 94 valence electrons. The molecule has 0 unspecified atom stereocenters. The number of aromatic nitrogens is 2. The van der Waals surface area contributed by atoms with Crippen molar-refractivity contribution in [3.63, 3.8) is 0 Å². The quantitative estimate of drug-likeness (QED) is 0.556. The predicted molar refractivity (Wildman–Crippen MR) is 74.8 cm³/mol. The van der Waals surface area contributed by atoms with Gasteiger partial charge >= 0.3 is 0 Å². The zero-order chi connectivity index (χ0) is 13.1. The van der Waals surface area contributed by atoms with Crippen molar-refractivity contribution in [2.75, 3.05) is 0 Å². The maximum absolute atomic E-state index is 7.52. The van der Waals surface area contributed by atoms with Crippen molar-refractivity contribution in [2.24, 2.45) is 16.5 Å². The normalized spacial score (nSPS) is 10.5. The van der Waals surface area contributed by atoms with Crippen LogP contribution >= 0.6 is 11.8 Å². The topological polar surface area (TPSA) is 106 Å². The van der Waals surface area contributed by atoms with Gasteiger partial charge in [-0.05, 0) is 18.6 Å². The van der Waals surface area contributed by atoms with Crippen LogP contribution in [0, 0.1) is 12.3 Å². The number of hydrogen-bond acceptors (Lipinski definition) is 3. The number of nitrogens with zero attached hydrogens (tertiary/aromatic N) is 3. The summed E-state index contributed by atoms with van der Waals surface area (Å²) in [6, 6.07) is 3.98. The zero-order valence-electron chi connectivity index (χ0n) is 9.92. The van der Waals surface area contributed by atoms with E-state index in [0.717, 1.165) is 11.3 Å². The van der Waals surface area contributed by atoms with Crippen LogP contribution in [-0.4, -0.2) is 20.5 Å². The first-order valence-electron chi connectivity index (χ1n) is 5.30. The zero-order valence-corrected chi connectivity index (χ0v) is 10.7. The Morgan fingerprint density at radius 2 is 2.22 bits per heavy atom. The molecule has 0 aliphatic heterocycles. The number of nitrogens with two attached hydrogens (primary N) is 2. The van der Waals surface area contributed by atoms with E-state index in [1.807, 2.05) is 35.9 Å². The highest BCUT2D eigenvalue weighted by atomic mass is 32.2. The first kappa shape index (κ1) is 12.4. The van der Waals surface area contributed by atoms with Crippen LogP contribution in [0.25, 0.3) is 5.65 Å². The van der Waals surface area contributed by atoms with Gasteiger partial charge in [0, 0.05) is 18.1 Å². The highest BCUT2D eigenvalue weighted by Gasteiger charge is 2.04. The van der Waals surface area contributed by atoms with Crippen molar-refractivity contribution in [2.45, 2.75) is 12.7 Å². The summed E-state index contributed by atoms with van der Waals surface area (Å²) in [4.78, 5) is 8.08. The van der Waals surface area contributed by atoms with E-state index >= 15 is 0 Å². The first-order valence-corrected chi connectivity index (χ1v) is 6.28. The van der Waals surface area contributed by atoms with Gasteiger partial charge < -0.3 is 15.9 Å². The van der Waals surface area contributed by atoms with Gasteiger partial charge in [-0.15, -0.1) is 0 Å². The van der Waals surface area contributed by atoms with Gasteiger partial charge in [-0.3, -0.25) is 5.41 Å². The number of fused-ring (bicyclic) bond motifs is 1. The molecule has 0 fully saturated rings. The van der Waals surface area contributed by atoms with Gasteiger partial charge in [-0.1, -0.05) is 17.8 Å². The summed E-state index contributed by atoms with van der Waals surface area (Å²) in [5.74, 6) is 0.467. The van der Waals surface area contributed by atoms with Crippen molar-refractivity contribution >= 4 is 28.5 Å². The summed E-state index contributed by atoms with van der Waals surface area (Å²) in [5, 5.41) is 7.60. The third-order valence-corrected chi connectivity index (χ3v) is 3.04. The molecule has 2 aromatic rings. The Bertz CT molecular complexity index is 611. The number of thioether (sulfide) groups is 1. The van der Waals surface area contributed by atoms with Crippen molar-refractivity contribution < 1.29 is 0 Å². The highest BCUT2D eigenvalue weighted by molar-refractivity contribution is 8.13. The number of aliphatic imine (C=N–C) groups is 1. The number of nitrogens with one attached hydrogen (secondary N) is 1. The van der Waals surface area contributed by atoms with Gasteiger partial charge in [0.2, 0.25) is 0 Å². The van der Waals surface area contributed by atoms with Gasteiger partial charge in [-0.2, -0.15) is 4.99 Å².